The second-order valence-electron chi connectivity index (χ2n) is 6.36. The lowest BCUT2D eigenvalue weighted by atomic mass is 9.94. The molecular formula is C20H15F6NO2. The van der Waals surface area contributed by atoms with Gasteiger partial charge in [-0.2, -0.15) is 26.3 Å². The lowest BCUT2D eigenvalue weighted by molar-refractivity contribution is -0.139. The first kappa shape index (κ1) is 20.8. The van der Waals surface area contributed by atoms with Crippen molar-refractivity contribution in [3.63, 3.8) is 0 Å². The van der Waals surface area contributed by atoms with Gasteiger partial charge in [-0.3, -0.25) is 4.79 Å². The zero-order valence-electron chi connectivity index (χ0n) is 15.0. The molecule has 0 aliphatic carbocycles. The second-order valence-corrected chi connectivity index (χ2v) is 6.36. The highest BCUT2D eigenvalue weighted by Crippen LogP contribution is 2.37. The number of hydrogen-bond donors (Lipinski definition) is 1. The Kier molecular flexibility index (Phi) is 5.34. The number of carbonyl (C=O) groups is 1. The molecule has 0 bridgehead atoms. The van der Waals surface area contributed by atoms with Gasteiger partial charge in [-0.05, 0) is 29.3 Å². The molecule has 1 aliphatic rings. The first-order chi connectivity index (χ1) is 13.5. The molecule has 29 heavy (non-hydrogen) atoms. The van der Waals surface area contributed by atoms with E-state index in [1.165, 1.54) is 31.3 Å². The molecule has 1 N–H and O–H groups in total. The molecule has 0 amide bonds. The average molecular weight is 415 g/mol. The van der Waals surface area contributed by atoms with Crippen molar-refractivity contribution in [2.75, 3.05) is 7.05 Å². The smallest absolute Gasteiger partial charge is 0.416 e. The average Bonchev–Trinajstić information content (AvgIpc) is 2.96. The third-order valence-electron chi connectivity index (χ3n) is 4.46. The molecule has 2 aromatic rings. The van der Waals surface area contributed by atoms with Gasteiger partial charge in [0.2, 0.25) is 5.78 Å². The molecule has 0 saturated heterocycles. The first-order valence-electron chi connectivity index (χ1n) is 8.48. The molecule has 1 unspecified atom stereocenters. The van der Waals surface area contributed by atoms with Crippen molar-refractivity contribution in [2.45, 2.75) is 24.9 Å². The van der Waals surface area contributed by atoms with Crippen molar-refractivity contribution in [2.24, 2.45) is 0 Å². The summed E-state index contributed by atoms with van der Waals surface area (Å²) in [5.41, 5.74) is -2.14. The Morgan fingerprint density at radius 3 is 2.28 bits per heavy atom. The number of nitrogens with one attached hydrogen (secondary N) is 1. The van der Waals surface area contributed by atoms with Gasteiger partial charge in [-0.25, -0.2) is 0 Å². The number of Topliss-reactive ketones (excluding diaryl/α,β-unsaturated/α-hetero) is 1. The maximum atomic E-state index is 13.2. The number of hydrogen-bond acceptors (Lipinski definition) is 3. The summed E-state index contributed by atoms with van der Waals surface area (Å²) in [6.45, 7) is 0. The number of benzene rings is 2. The molecule has 0 radical (unpaired) electrons. The highest BCUT2D eigenvalue weighted by molar-refractivity contribution is 6.25. The fourth-order valence-electron chi connectivity index (χ4n) is 3.14. The number of carbonyl (C=O) groups excluding carboxylic acids is 1. The van der Waals surface area contributed by atoms with Crippen LogP contribution in [0.2, 0.25) is 0 Å². The summed E-state index contributed by atoms with van der Waals surface area (Å²) in [5.74, 6) is -0.769. The van der Waals surface area contributed by atoms with Gasteiger partial charge >= 0.3 is 12.4 Å². The van der Waals surface area contributed by atoms with Crippen LogP contribution in [0.3, 0.4) is 0 Å². The van der Waals surface area contributed by atoms with E-state index in [1.807, 2.05) is 0 Å². The third-order valence-corrected chi connectivity index (χ3v) is 4.46. The maximum Gasteiger partial charge on any atom is 0.416 e. The molecule has 3 nitrogen and oxygen atoms in total. The zero-order chi connectivity index (χ0) is 21.4. The summed E-state index contributed by atoms with van der Waals surface area (Å²) in [5, 5.41) is 2.59. The standard InChI is InChI=1S/C20H15F6NO2/c1-27-18-16(12-6-4-7-13(9-12)19(21,22)23)17(28)15(29-18)10-11-5-2-3-8-14(11)20(24,25)26/h2-9,15,27H,10H2,1H3. The molecule has 0 spiro atoms. The quantitative estimate of drug-likeness (QED) is 0.728. The van der Waals surface area contributed by atoms with Crippen LogP contribution in [0.1, 0.15) is 22.3 Å². The van der Waals surface area contributed by atoms with Crippen molar-refractivity contribution >= 4 is 11.4 Å². The number of ketones is 1. The van der Waals surface area contributed by atoms with Gasteiger partial charge in [0.25, 0.3) is 0 Å². The van der Waals surface area contributed by atoms with Crippen molar-refractivity contribution in [1.82, 2.24) is 5.32 Å². The predicted octanol–water partition coefficient (Wildman–Crippen LogP) is 4.82. The summed E-state index contributed by atoms with van der Waals surface area (Å²) in [6.07, 6.45) is -10.9. The van der Waals surface area contributed by atoms with Gasteiger partial charge in [0.1, 0.15) is 0 Å². The Balaban J connectivity index is 1.93. The van der Waals surface area contributed by atoms with Crippen LogP contribution in [-0.4, -0.2) is 18.9 Å². The van der Waals surface area contributed by atoms with Crippen LogP contribution < -0.4 is 5.32 Å². The third kappa shape index (κ3) is 4.23. The van der Waals surface area contributed by atoms with Crippen LogP contribution in [0.4, 0.5) is 26.3 Å². The molecule has 0 aromatic heterocycles. The predicted molar refractivity (Wildman–Crippen MR) is 92.5 cm³/mol. The van der Waals surface area contributed by atoms with E-state index in [9.17, 15) is 31.1 Å². The van der Waals surface area contributed by atoms with Crippen LogP contribution in [0, 0.1) is 0 Å². The number of alkyl halides is 6. The lowest BCUT2D eigenvalue weighted by Crippen LogP contribution is -2.23. The van der Waals surface area contributed by atoms with E-state index >= 15 is 0 Å². The highest BCUT2D eigenvalue weighted by Gasteiger charge is 2.40. The molecule has 3 rings (SSSR count). The van der Waals surface area contributed by atoms with Crippen molar-refractivity contribution < 1.29 is 35.9 Å². The molecule has 1 aliphatic heterocycles. The SMILES string of the molecule is CNC1=C(c2cccc(C(F)(F)F)c2)C(=O)C(Cc2ccccc2C(F)(F)F)O1. The molecule has 0 saturated carbocycles. The summed E-state index contributed by atoms with van der Waals surface area (Å²) in [6, 6.07) is 8.91. The zero-order valence-corrected chi connectivity index (χ0v) is 15.0. The number of rotatable bonds is 4. The van der Waals surface area contributed by atoms with Crippen molar-refractivity contribution in [1.29, 1.82) is 0 Å². The minimum Gasteiger partial charge on any atom is -0.467 e. The Labute approximate surface area is 162 Å². The van der Waals surface area contributed by atoms with Gasteiger partial charge in [-0.15, -0.1) is 0 Å². The number of ether oxygens (including phenoxy) is 1. The van der Waals surface area contributed by atoms with E-state index in [-0.39, 0.29) is 29.0 Å². The van der Waals surface area contributed by atoms with Gasteiger partial charge < -0.3 is 10.1 Å². The highest BCUT2D eigenvalue weighted by atomic mass is 19.4. The topological polar surface area (TPSA) is 38.3 Å². The summed E-state index contributed by atoms with van der Waals surface area (Å²) >= 11 is 0. The maximum absolute atomic E-state index is 13.2. The Hall–Kier alpha value is -2.97. The molecule has 0 fully saturated rings. The van der Waals surface area contributed by atoms with Gasteiger partial charge in [0.15, 0.2) is 12.0 Å². The summed E-state index contributed by atoms with van der Waals surface area (Å²) in [4.78, 5) is 12.8. The minimum absolute atomic E-state index is 0.0271. The van der Waals surface area contributed by atoms with E-state index in [0.717, 1.165) is 24.3 Å². The summed E-state index contributed by atoms with van der Waals surface area (Å²) in [7, 11) is 1.41. The fourth-order valence-corrected chi connectivity index (χ4v) is 3.14. The Morgan fingerprint density at radius 2 is 1.66 bits per heavy atom. The van der Waals surface area contributed by atoms with Crippen LogP contribution in [-0.2, 0) is 28.3 Å². The van der Waals surface area contributed by atoms with Gasteiger partial charge in [-0.1, -0.05) is 30.3 Å². The van der Waals surface area contributed by atoms with E-state index < -0.39 is 35.4 Å². The van der Waals surface area contributed by atoms with Crippen molar-refractivity contribution in [3.8, 4) is 0 Å². The Morgan fingerprint density at radius 1 is 0.966 bits per heavy atom. The molecular weight excluding hydrogens is 400 g/mol. The summed E-state index contributed by atoms with van der Waals surface area (Å²) < 4.78 is 84.1. The van der Waals surface area contributed by atoms with Crippen molar-refractivity contribution in [3.05, 3.63) is 76.7 Å². The van der Waals surface area contributed by atoms with E-state index in [0.29, 0.717) is 0 Å². The molecule has 1 atom stereocenters. The molecule has 9 heteroatoms. The van der Waals surface area contributed by atoms with E-state index in [4.69, 9.17) is 4.74 Å². The van der Waals surface area contributed by atoms with Crippen LogP contribution in [0.5, 0.6) is 0 Å². The fraction of sp³-hybridized carbons (Fsp3) is 0.250. The van der Waals surface area contributed by atoms with Crippen LogP contribution in [0.15, 0.2) is 54.4 Å². The molecule has 154 valence electrons. The second kappa shape index (κ2) is 7.46. The van der Waals surface area contributed by atoms with Gasteiger partial charge in [0, 0.05) is 13.5 Å². The molecule has 2 aromatic carbocycles. The number of halogens is 6. The minimum atomic E-state index is -4.61. The van der Waals surface area contributed by atoms with Crippen LogP contribution >= 0.6 is 0 Å². The normalized spacial score (nSPS) is 17.5. The Bertz CT molecular complexity index is 962. The molecule has 1 heterocycles. The monoisotopic (exact) mass is 415 g/mol. The van der Waals surface area contributed by atoms with Gasteiger partial charge in [0.05, 0.1) is 16.7 Å². The largest absolute Gasteiger partial charge is 0.467 e. The van der Waals surface area contributed by atoms with E-state index in [2.05, 4.69) is 5.32 Å². The first-order valence-corrected chi connectivity index (χ1v) is 8.48. The van der Waals surface area contributed by atoms with Crippen LogP contribution in [0.25, 0.3) is 5.57 Å². The van der Waals surface area contributed by atoms with E-state index in [1.54, 1.807) is 0 Å². The lowest BCUT2D eigenvalue weighted by Gasteiger charge is -2.16.